The van der Waals surface area contributed by atoms with Gasteiger partial charge in [-0.15, -0.1) is 0 Å². The van der Waals surface area contributed by atoms with Crippen molar-refractivity contribution in [1.82, 2.24) is 10.3 Å². The molecule has 1 atom stereocenters. The molecule has 2 aliphatic heterocycles. The minimum atomic E-state index is 0.197. The Labute approximate surface area is 103 Å². The van der Waals surface area contributed by atoms with Gasteiger partial charge in [0, 0.05) is 12.4 Å². The van der Waals surface area contributed by atoms with Crippen molar-refractivity contribution in [2.45, 2.75) is 31.3 Å². The Bertz CT molecular complexity index is 360. The molecule has 1 N–H and O–H groups in total. The SMILES string of the molecule is c1cc(CC2COC3(CCNCC3)C2)ccn1. The summed E-state index contributed by atoms with van der Waals surface area (Å²) in [6.07, 6.45) is 8.49. The number of ether oxygens (including phenoxy) is 1. The Kier molecular flexibility index (Phi) is 3.12. The van der Waals surface area contributed by atoms with Crippen LogP contribution < -0.4 is 5.32 Å². The molecule has 0 aromatic carbocycles. The van der Waals surface area contributed by atoms with Gasteiger partial charge in [-0.25, -0.2) is 0 Å². The van der Waals surface area contributed by atoms with Crippen molar-refractivity contribution in [2.75, 3.05) is 19.7 Å². The zero-order chi connectivity index (χ0) is 11.6. The lowest BCUT2D eigenvalue weighted by atomic mass is 9.84. The second-order valence-corrected chi connectivity index (χ2v) is 5.37. The predicted molar refractivity (Wildman–Crippen MR) is 66.8 cm³/mol. The standard InChI is InChI=1S/C14H20N2O/c1-5-15-6-2-12(1)9-13-10-14(17-11-13)3-7-16-8-4-14/h1-2,5-6,13,16H,3-4,7-11H2. The van der Waals surface area contributed by atoms with Crippen molar-refractivity contribution in [3.8, 4) is 0 Å². The molecule has 0 amide bonds. The highest BCUT2D eigenvalue weighted by atomic mass is 16.5. The van der Waals surface area contributed by atoms with Crippen molar-refractivity contribution >= 4 is 0 Å². The van der Waals surface area contributed by atoms with Gasteiger partial charge in [0.25, 0.3) is 0 Å². The molecule has 0 radical (unpaired) electrons. The van der Waals surface area contributed by atoms with Crippen LogP contribution in [0.2, 0.25) is 0 Å². The largest absolute Gasteiger partial charge is 0.375 e. The summed E-state index contributed by atoms with van der Waals surface area (Å²) in [6.45, 7) is 3.16. The molecule has 3 rings (SSSR count). The molecule has 2 saturated heterocycles. The van der Waals surface area contributed by atoms with E-state index >= 15 is 0 Å². The summed E-state index contributed by atoms with van der Waals surface area (Å²) in [5, 5.41) is 3.41. The summed E-state index contributed by atoms with van der Waals surface area (Å²) >= 11 is 0. The third-order valence-electron chi connectivity index (χ3n) is 4.07. The number of rotatable bonds is 2. The molecular weight excluding hydrogens is 212 g/mol. The van der Waals surface area contributed by atoms with E-state index < -0.39 is 0 Å². The van der Waals surface area contributed by atoms with Gasteiger partial charge >= 0.3 is 0 Å². The van der Waals surface area contributed by atoms with Crippen molar-refractivity contribution in [2.24, 2.45) is 5.92 Å². The monoisotopic (exact) mass is 232 g/mol. The highest BCUT2D eigenvalue weighted by Gasteiger charge is 2.40. The van der Waals surface area contributed by atoms with E-state index in [1.807, 2.05) is 12.4 Å². The lowest BCUT2D eigenvalue weighted by molar-refractivity contribution is -0.0196. The zero-order valence-electron chi connectivity index (χ0n) is 10.2. The van der Waals surface area contributed by atoms with Gasteiger partial charge in [-0.3, -0.25) is 4.98 Å². The van der Waals surface area contributed by atoms with Crippen LogP contribution in [0, 0.1) is 5.92 Å². The van der Waals surface area contributed by atoms with Crippen molar-refractivity contribution in [1.29, 1.82) is 0 Å². The van der Waals surface area contributed by atoms with Crippen LogP contribution in [0.25, 0.3) is 0 Å². The predicted octanol–water partition coefficient (Wildman–Crippen LogP) is 1.78. The average molecular weight is 232 g/mol. The molecule has 1 aromatic heterocycles. The van der Waals surface area contributed by atoms with Crippen LogP contribution in [0.3, 0.4) is 0 Å². The van der Waals surface area contributed by atoms with Gasteiger partial charge in [0.1, 0.15) is 0 Å². The Morgan fingerprint density at radius 3 is 2.82 bits per heavy atom. The maximum atomic E-state index is 6.11. The summed E-state index contributed by atoms with van der Waals surface area (Å²) < 4.78 is 6.11. The van der Waals surface area contributed by atoms with Crippen LogP contribution >= 0.6 is 0 Å². The zero-order valence-corrected chi connectivity index (χ0v) is 10.2. The summed E-state index contributed by atoms with van der Waals surface area (Å²) in [4.78, 5) is 4.06. The maximum Gasteiger partial charge on any atom is 0.0710 e. The van der Waals surface area contributed by atoms with E-state index in [1.54, 1.807) is 0 Å². The molecule has 3 heteroatoms. The molecule has 2 fully saturated rings. The van der Waals surface area contributed by atoms with Gasteiger partial charge < -0.3 is 10.1 Å². The minimum absolute atomic E-state index is 0.197. The van der Waals surface area contributed by atoms with Gasteiger partial charge in [0.15, 0.2) is 0 Å². The second-order valence-electron chi connectivity index (χ2n) is 5.37. The number of hydrogen-bond acceptors (Lipinski definition) is 3. The van der Waals surface area contributed by atoms with Crippen molar-refractivity contribution < 1.29 is 4.74 Å². The van der Waals surface area contributed by atoms with Crippen LogP contribution in [0.1, 0.15) is 24.8 Å². The molecule has 17 heavy (non-hydrogen) atoms. The van der Waals surface area contributed by atoms with Gasteiger partial charge in [-0.2, -0.15) is 0 Å². The fourth-order valence-corrected chi connectivity index (χ4v) is 3.15. The van der Waals surface area contributed by atoms with E-state index in [2.05, 4.69) is 22.4 Å². The van der Waals surface area contributed by atoms with Gasteiger partial charge in [-0.1, -0.05) is 0 Å². The van der Waals surface area contributed by atoms with E-state index in [-0.39, 0.29) is 5.60 Å². The summed E-state index contributed by atoms with van der Waals surface area (Å²) in [6, 6.07) is 4.24. The average Bonchev–Trinajstić information content (AvgIpc) is 2.74. The Hall–Kier alpha value is -0.930. The minimum Gasteiger partial charge on any atom is -0.375 e. The molecule has 1 aromatic rings. The van der Waals surface area contributed by atoms with Crippen LogP contribution in [-0.2, 0) is 11.2 Å². The fourth-order valence-electron chi connectivity index (χ4n) is 3.15. The Balaban J connectivity index is 1.60. The molecule has 1 unspecified atom stereocenters. The highest BCUT2D eigenvalue weighted by Crippen LogP contribution is 2.38. The molecule has 0 aliphatic carbocycles. The Morgan fingerprint density at radius 2 is 2.06 bits per heavy atom. The third-order valence-corrected chi connectivity index (χ3v) is 4.07. The summed E-state index contributed by atoms with van der Waals surface area (Å²) in [7, 11) is 0. The van der Waals surface area contributed by atoms with Crippen LogP contribution in [0.4, 0.5) is 0 Å². The third kappa shape index (κ3) is 2.50. The van der Waals surface area contributed by atoms with E-state index in [0.29, 0.717) is 5.92 Å². The number of pyridine rings is 1. The second kappa shape index (κ2) is 4.75. The fraction of sp³-hybridized carbons (Fsp3) is 0.643. The lowest BCUT2D eigenvalue weighted by Crippen LogP contribution is -2.41. The molecule has 3 heterocycles. The molecular formula is C14H20N2O. The quantitative estimate of drug-likeness (QED) is 0.844. The molecule has 2 aliphatic rings. The number of piperidine rings is 1. The smallest absolute Gasteiger partial charge is 0.0710 e. The lowest BCUT2D eigenvalue weighted by Gasteiger charge is -2.33. The maximum absolute atomic E-state index is 6.11. The van der Waals surface area contributed by atoms with E-state index in [4.69, 9.17) is 4.74 Å². The van der Waals surface area contributed by atoms with Crippen LogP contribution in [-0.4, -0.2) is 30.3 Å². The first kappa shape index (κ1) is 11.2. The van der Waals surface area contributed by atoms with Crippen LogP contribution in [0.15, 0.2) is 24.5 Å². The number of hydrogen-bond donors (Lipinski definition) is 1. The van der Waals surface area contributed by atoms with Gasteiger partial charge in [-0.05, 0) is 62.4 Å². The summed E-state index contributed by atoms with van der Waals surface area (Å²) in [5.74, 6) is 0.690. The molecule has 3 nitrogen and oxygen atoms in total. The highest BCUT2D eigenvalue weighted by molar-refractivity contribution is 5.11. The summed E-state index contributed by atoms with van der Waals surface area (Å²) in [5.41, 5.74) is 1.59. The number of nitrogens with zero attached hydrogens (tertiary/aromatic N) is 1. The Morgan fingerprint density at radius 1 is 1.29 bits per heavy atom. The van der Waals surface area contributed by atoms with E-state index in [0.717, 1.165) is 26.1 Å². The number of aromatic nitrogens is 1. The molecule has 1 spiro atoms. The van der Waals surface area contributed by atoms with Crippen molar-refractivity contribution in [3.05, 3.63) is 30.1 Å². The van der Waals surface area contributed by atoms with Crippen molar-refractivity contribution in [3.63, 3.8) is 0 Å². The van der Waals surface area contributed by atoms with E-state index in [9.17, 15) is 0 Å². The topological polar surface area (TPSA) is 34.1 Å². The first-order chi connectivity index (χ1) is 8.36. The van der Waals surface area contributed by atoms with E-state index in [1.165, 1.54) is 24.8 Å². The normalized spacial score (nSPS) is 27.4. The molecule has 0 saturated carbocycles. The van der Waals surface area contributed by atoms with Crippen LogP contribution in [0.5, 0.6) is 0 Å². The van der Waals surface area contributed by atoms with Gasteiger partial charge in [0.05, 0.1) is 12.2 Å². The first-order valence-electron chi connectivity index (χ1n) is 6.60. The molecule has 92 valence electrons. The van der Waals surface area contributed by atoms with Gasteiger partial charge in [0.2, 0.25) is 0 Å². The number of nitrogens with one attached hydrogen (secondary N) is 1. The first-order valence-corrected chi connectivity index (χ1v) is 6.60. The molecule has 0 bridgehead atoms.